The van der Waals surface area contributed by atoms with Crippen LogP contribution in [0.3, 0.4) is 0 Å². The van der Waals surface area contributed by atoms with Gasteiger partial charge in [0.05, 0.1) is 0 Å². The molecule has 1 amide bonds. The topological polar surface area (TPSA) is 41.1 Å². The summed E-state index contributed by atoms with van der Waals surface area (Å²) < 4.78 is 0. The van der Waals surface area contributed by atoms with Gasteiger partial charge in [-0.05, 0) is 41.5 Å². The first-order valence-corrected chi connectivity index (χ1v) is 7.20. The molecule has 3 heteroatoms. The van der Waals surface area contributed by atoms with Crippen molar-refractivity contribution in [2.75, 3.05) is 0 Å². The first-order chi connectivity index (χ1) is 9.06. The molecule has 1 aromatic rings. The molecule has 0 saturated heterocycles. The highest BCUT2D eigenvalue weighted by atomic mass is 16.1. The van der Waals surface area contributed by atoms with E-state index in [1.807, 2.05) is 12.1 Å². The van der Waals surface area contributed by atoms with Crippen molar-refractivity contribution in [2.24, 2.45) is 5.41 Å². The molecule has 1 heterocycles. The molecule has 1 atom stereocenters. The fourth-order valence-electron chi connectivity index (χ4n) is 3.27. The SMILES string of the molecule is CC1(C)CCCC1NC(=O)c1ccc2c(c1)CNC2. The van der Waals surface area contributed by atoms with E-state index in [9.17, 15) is 4.79 Å². The van der Waals surface area contributed by atoms with Crippen molar-refractivity contribution < 1.29 is 4.79 Å². The number of nitrogens with one attached hydrogen (secondary N) is 2. The van der Waals surface area contributed by atoms with Gasteiger partial charge in [-0.15, -0.1) is 0 Å². The average Bonchev–Trinajstić information content (AvgIpc) is 2.95. The van der Waals surface area contributed by atoms with Crippen molar-refractivity contribution in [1.29, 1.82) is 0 Å². The van der Waals surface area contributed by atoms with Crippen LogP contribution in [0.15, 0.2) is 18.2 Å². The van der Waals surface area contributed by atoms with Gasteiger partial charge in [0.25, 0.3) is 5.91 Å². The van der Waals surface area contributed by atoms with Gasteiger partial charge >= 0.3 is 0 Å². The molecule has 1 fully saturated rings. The van der Waals surface area contributed by atoms with Crippen LogP contribution in [0.5, 0.6) is 0 Å². The van der Waals surface area contributed by atoms with E-state index < -0.39 is 0 Å². The molecule has 2 aliphatic rings. The molecular weight excluding hydrogens is 236 g/mol. The molecule has 1 aliphatic carbocycles. The Bertz CT molecular complexity index is 507. The normalized spacial score (nSPS) is 24.2. The third kappa shape index (κ3) is 2.39. The first kappa shape index (κ1) is 12.7. The Morgan fingerprint density at radius 2 is 2.11 bits per heavy atom. The van der Waals surface area contributed by atoms with Gasteiger partial charge in [-0.3, -0.25) is 4.79 Å². The van der Waals surface area contributed by atoms with Crippen LogP contribution in [-0.4, -0.2) is 11.9 Å². The van der Waals surface area contributed by atoms with Crippen LogP contribution in [-0.2, 0) is 13.1 Å². The number of hydrogen-bond acceptors (Lipinski definition) is 2. The van der Waals surface area contributed by atoms with Gasteiger partial charge in [0, 0.05) is 24.7 Å². The van der Waals surface area contributed by atoms with Gasteiger partial charge in [-0.2, -0.15) is 0 Å². The van der Waals surface area contributed by atoms with Crippen LogP contribution < -0.4 is 10.6 Å². The molecule has 3 nitrogen and oxygen atoms in total. The highest BCUT2D eigenvalue weighted by Gasteiger charge is 2.35. The Kier molecular flexibility index (Phi) is 3.09. The van der Waals surface area contributed by atoms with E-state index in [4.69, 9.17) is 0 Å². The van der Waals surface area contributed by atoms with Gasteiger partial charge in [-0.25, -0.2) is 0 Å². The minimum absolute atomic E-state index is 0.0784. The molecule has 1 aliphatic heterocycles. The van der Waals surface area contributed by atoms with E-state index >= 15 is 0 Å². The lowest BCUT2D eigenvalue weighted by molar-refractivity contribution is 0.0910. The number of fused-ring (bicyclic) bond motifs is 1. The molecule has 19 heavy (non-hydrogen) atoms. The second kappa shape index (κ2) is 4.64. The van der Waals surface area contributed by atoms with Crippen molar-refractivity contribution >= 4 is 5.91 Å². The molecule has 1 aromatic carbocycles. The maximum Gasteiger partial charge on any atom is 0.251 e. The number of amides is 1. The minimum atomic E-state index is 0.0784. The second-order valence-electron chi connectivity index (χ2n) is 6.49. The summed E-state index contributed by atoms with van der Waals surface area (Å²) in [5, 5.41) is 6.53. The van der Waals surface area contributed by atoms with Crippen LogP contribution in [0.2, 0.25) is 0 Å². The third-order valence-corrected chi connectivity index (χ3v) is 4.66. The highest BCUT2D eigenvalue weighted by Crippen LogP contribution is 2.37. The summed E-state index contributed by atoms with van der Waals surface area (Å²) in [6.45, 7) is 6.30. The zero-order chi connectivity index (χ0) is 13.5. The molecule has 0 bridgehead atoms. The summed E-state index contributed by atoms with van der Waals surface area (Å²) in [7, 11) is 0. The van der Waals surface area contributed by atoms with Crippen LogP contribution in [0.1, 0.15) is 54.6 Å². The van der Waals surface area contributed by atoms with Crippen LogP contribution in [0.4, 0.5) is 0 Å². The molecule has 1 saturated carbocycles. The maximum atomic E-state index is 12.4. The number of rotatable bonds is 2. The Hall–Kier alpha value is -1.35. The zero-order valence-electron chi connectivity index (χ0n) is 11.8. The largest absolute Gasteiger partial charge is 0.349 e. The van der Waals surface area contributed by atoms with Crippen LogP contribution in [0, 0.1) is 5.41 Å². The minimum Gasteiger partial charge on any atom is -0.349 e. The Balaban J connectivity index is 1.74. The molecular formula is C16H22N2O. The summed E-state index contributed by atoms with van der Waals surface area (Å²) >= 11 is 0. The Morgan fingerprint density at radius 3 is 2.84 bits per heavy atom. The fourth-order valence-corrected chi connectivity index (χ4v) is 3.27. The zero-order valence-corrected chi connectivity index (χ0v) is 11.8. The van der Waals surface area contributed by atoms with Crippen molar-refractivity contribution in [3.05, 3.63) is 34.9 Å². The van der Waals surface area contributed by atoms with Gasteiger partial charge < -0.3 is 10.6 Å². The third-order valence-electron chi connectivity index (χ3n) is 4.66. The average molecular weight is 258 g/mol. The molecule has 0 aromatic heterocycles. The van der Waals surface area contributed by atoms with E-state index in [0.29, 0.717) is 6.04 Å². The van der Waals surface area contributed by atoms with Crippen molar-refractivity contribution in [1.82, 2.24) is 10.6 Å². The van der Waals surface area contributed by atoms with Gasteiger partial charge in [0.15, 0.2) is 0 Å². The molecule has 1 unspecified atom stereocenters. The van der Waals surface area contributed by atoms with E-state index in [1.54, 1.807) is 0 Å². The Labute approximate surface area is 114 Å². The summed E-state index contributed by atoms with van der Waals surface area (Å²) in [6, 6.07) is 6.37. The summed E-state index contributed by atoms with van der Waals surface area (Å²) in [4.78, 5) is 12.4. The lowest BCUT2D eigenvalue weighted by atomic mass is 9.87. The van der Waals surface area contributed by atoms with Crippen molar-refractivity contribution in [2.45, 2.75) is 52.2 Å². The lowest BCUT2D eigenvalue weighted by Gasteiger charge is -2.27. The van der Waals surface area contributed by atoms with E-state index in [-0.39, 0.29) is 11.3 Å². The van der Waals surface area contributed by atoms with Gasteiger partial charge in [0.1, 0.15) is 0 Å². The lowest BCUT2D eigenvalue weighted by Crippen LogP contribution is -2.41. The maximum absolute atomic E-state index is 12.4. The first-order valence-electron chi connectivity index (χ1n) is 7.20. The summed E-state index contributed by atoms with van der Waals surface area (Å²) in [5.41, 5.74) is 3.61. The number of benzene rings is 1. The standard InChI is InChI=1S/C16H22N2O/c1-16(2)7-3-4-14(16)18-15(19)11-5-6-12-9-17-10-13(12)8-11/h5-6,8,14,17H,3-4,7,9-10H2,1-2H3,(H,18,19). The molecule has 3 rings (SSSR count). The summed E-state index contributed by atoms with van der Waals surface area (Å²) in [6.07, 6.45) is 3.52. The van der Waals surface area contributed by atoms with Gasteiger partial charge in [-0.1, -0.05) is 26.3 Å². The molecule has 102 valence electrons. The van der Waals surface area contributed by atoms with Crippen LogP contribution in [0.25, 0.3) is 0 Å². The van der Waals surface area contributed by atoms with Crippen LogP contribution >= 0.6 is 0 Å². The smallest absolute Gasteiger partial charge is 0.251 e. The van der Waals surface area contributed by atoms with E-state index in [0.717, 1.165) is 25.1 Å². The number of carbonyl (C=O) groups is 1. The predicted octanol–water partition coefficient (Wildman–Crippen LogP) is 2.60. The molecule has 0 spiro atoms. The van der Waals surface area contributed by atoms with Crippen molar-refractivity contribution in [3.63, 3.8) is 0 Å². The number of hydrogen-bond donors (Lipinski definition) is 2. The second-order valence-corrected chi connectivity index (χ2v) is 6.49. The van der Waals surface area contributed by atoms with E-state index in [2.05, 4.69) is 30.5 Å². The Morgan fingerprint density at radius 1 is 1.32 bits per heavy atom. The quantitative estimate of drug-likeness (QED) is 0.856. The predicted molar refractivity (Wildman–Crippen MR) is 75.9 cm³/mol. The monoisotopic (exact) mass is 258 g/mol. The van der Waals surface area contributed by atoms with Crippen molar-refractivity contribution in [3.8, 4) is 0 Å². The highest BCUT2D eigenvalue weighted by molar-refractivity contribution is 5.94. The fraction of sp³-hybridized carbons (Fsp3) is 0.562. The van der Waals surface area contributed by atoms with Gasteiger partial charge in [0.2, 0.25) is 0 Å². The summed E-state index contributed by atoms with van der Waals surface area (Å²) in [5.74, 6) is 0.0784. The number of carbonyl (C=O) groups excluding carboxylic acids is 1. The molecule has 2 N–H and O–H groups in total. The molecule has 0 radical (unpaired) electrons. The van der Waals surface area contributed by atoms with E-state index in [1.165, 1.54) is 24.0 Å².